The quantitative estimate of drug-likeness (QED) is 0.109. The summed E-state index contributed by atoms with van der Waals surface area (Å²) in [6.07, 6.45) is 5.80. The maximum atomic E-state index is 15.6. The zero-order valence-electron chi connectivity index (χ0n) is 30.2. The number of ether oxygens (including phenoxy) is 3. The molecule has 3 aromatic carbocycles. The summed E-state index contributed by atoms with van der Waals surface area (Å²) >= 11 is 13.3. The largest absolute Gasteiger partial charge is 0.545 e. The van der Waals surface area contributed by atoms with Crippen molar-refractivity contribution in [2.75, 3.05) is 24.5 Å². The van der Waals surface area contributed by atoms with Crippen LogP contribution in [0.2, 0.25) is 10.0 Å². The van der Waals surface area contributed by atoms with E-state index in [1.807, 2.05) is 0 Å². The maximum absolute atomic E-state index is 15.6. The van der Waals surface area contributed by atoms with Gasteiger partial charge >= 0.3 is 12.7 Å². The first-order chi connectivity index (χ1) is 26.9. The van der Waals surface area contributed by atoms with Crippen LogP contribution >= 0.6 is 23.2 Å². The van der Waals surface area contributed by atoms with Crippen molar-refractivity contribution in [2.24, 2.45) is 5.92 Å². The van der Waals surface area contributed by atoms with Crippen LogP contribution in [0.15, 0.2) is 73.1 Å². The van der Waals surface area contributed by atoms with E-state index in [0.29, 0.717) is 35.2 Å². The minimum atomic E-state index is -3.15. The summed E-state index contributed by atoms with van der Waals surface area (Å²) in [5, 5.41) is 23.2. The predicted octanol–water partition coefficient (Wildman–Crippen LogP) is 7.56. The van der Waals surface area contributed by atoms with E-state index in [1.165, 1.54) is 60.9 Å². The summed E-state index contributed by atoms with van der Waals surface area (Å²) in [6.45, 7) is -1.11. The fourth-order valence-electron chi connectivity index (χ4n) is 8.20. The molecule has 1 aromatic heterocycles. The van der Waals surface area contributed by atoms with Crippen LogP contribution in [0.1, 0.15) is 77.1 Å². The molecule has 4 heterocycles. The number of rotatable bonds is 13. The molecule has 2 atom stereocenters. The summed E-state index contributed by atoms with van der Waals surface area (Å²) in [6, 6.07) is 14.5. The summed E-state index contributed by atoms with van der Waals surface area (Å²) in [5.74, 6) is -3.24. The molecule has 0 spiro atoms. The normalized spacial score (nSPS) is 19.9. The van der Waals surface area contributed by atoms with Crippen LogP contribution in [0.25, 0.3) is 0 Å². The van der Waals surface area contributed by atoms with E-state index in [9.17, 15) is 28.7 Å². The molecule has 1 N–H and O–H groups in total. The number of piperidine rings is 3. The third-order valence-corrected chi connectivity index (χ3v) is 11.6. The molecule has 15 heteroatoms. The number of aromatic nitrogens is 1. The molecule has 8 rings (SSSR count). The van der Waals surface area contributed by atoms with Crippen LogP contribution in [0, 0.1) is 11.7 Å². The van der Waals surface area contributed by atoms with Gasteiger partial charge in [-0.2, -0.15) is 8.78 Å². The van der Waals surface area contributed by atoms with Gasteiger partial charge in [0.2, 0.25) is 12.4 Å². The molecule has 4 aromatic rings. The highest BCUT2D eigenvalue weighted by Crippen LogP contribution is 2.42. The van der Waals surface area contributed by atoms with Crippen LogP contribution < -0.4 is 24.2 Å². The average Bonchev–Trinajstić information content (AvgIpc) is 3.68. The van der Waals surface area contributed by atoms with Crippen LogP contribution in [0.5, 0.6) is 11.5 Å². The summed E-state index contributed by atoms with van der Waals surface area (Å²) < 4.78 is 60.7. The van der Waals surface area contributed by atoms with E-state index < -0.39 is 36.5 Å². The number of hydrogen-bond acceptors (Lipinski definition) is 8. The number of fused-ring (bicyclic) bond motifs is 3. The summed E-state index contributed by atoms with van der Waals surface area (Å²) in [7, 11) is 0. The van der Waals surface area contributed by atoms with Gasteiger partial charge < -0.3 is 24.1 Å². The highest BCUT2D eigenvalue weighted by atomic mass is 35.5. The summed E-state index contributed by atoms with van der Waals surface area (Å²) in [5.41, 5.74) is 0.834. The molecule has 56 heavy (non-hydrogen) atoms. The Morgan fingerprint density at radius 3 is 2.32 bits per heavy atom. The minimum Gasteiger partial charge on any atom is -0.545 e. The summed E-state index contributed by atoms with van der Waals surface area (Å²) in [4.78, 5) is 30.6. The average molecular weight is 815 g/mol. The van der Waals surface area contributed by atoms with Crippen molar-refractivity contribution in [3.05, 3.63) is 117 Å². The van der Waals surface area contributed by atoms with Gasteiger partial charge in [-0.1, -0.05) is 59.6 Å². The van der Waals surface area contributed by atoms with Crippen molar-refractivity contribution in [2.45, 2.75) is 76.2 Å². The molecule has 10 nitrogen and oxygen atoms in total. The van der Waals surface area contributed by atoms with Crippen molar-refractivity contribution < 1.29 is 52.0 Å². The van der Waals surface area contributed by atoms with Gasteiger partial charge in [0, 0.05) is 28.3 Å². The minimum absolute atomic E-state index is 0.0275. The number of carboxylic acids is 1. The Balaban J connectivity index is 1.36. The third kappa shape index (κ3) is 8.80. The maximum Gasteiger partial charge on any atom is 0.415 e. The molecule has 2 bridgehead atoms. The number of para-hydroxylation sites is 1. The fraction of sp³-hybridized carbons (Fsp3) is 0.390. The molecule has 1 saturated carbocycles. The van der Waals surface area contributed by atoms with E-state index in [1.54, 1.807) is 12.1 Å². The number of alkyl halides is 2. The number of carbonyl (C=O) groups excluding carboxylic acids is 2. The molecule has 0 unspecified atom stereocenters. The number of carbonyl (C=O) groups is 2. The molecular formula is C41H40Cl2F3N3O7. The number of aromatic carboxylic acids is 1. The first kappa shape index (κ1) is 39.5. The molecule has 3 aliphatic heterocycles. The number of nitrogens with zero attached hydrogens (tertiary/aromatic N) is 3. The molecular weight excluding hydrogens is 774 g/mol. The molecule has 4 aliphatic rings. The zero-order chi connectivity index (χ0) is 39.5. The van der Waals surface area contributed by atoms with Crippen LogP contribution in [-0.2, 0) is 17.7 Å². The molecule has 0 radical (unpaired) electrons. The Morgan fingerprint density at radius 1 is 0.964 bits per heavy atom. The molecule has 296 valence electrons. The van der Waals surface area contributed by atoms with Crippen molar-refractivity contribution in [3.8, 4) is 11.5 Å². The monoisotopic (exact) mass is 813 g/mol. The molecule has 4 fully saturated rings. The number of hydrogen-bond donors (Lipinski definition) is 1. The fourth-order valence-corrected chi connectivity index (χ4v) is 8.81. The van der Waals surface area contributed by atoms with Gasteiger partial charge in [-0.15, -0.1) is 0 Å². The number of halogens is 5. The lowest BCUT2D eigenvalue weighted by Crippen LogP contribution is -2.53. The Kier molecular flexibility index (Phi) is 12.1. The lowest BCUT2D eigenvalue weighted by Gasteiger charge is -2.44. The van der Waals surface area contributed by atoms with Gasteiger partial charge in [0.15, 0.2) is 11.5 Å². The molecule has 1 amide bonds. The first-order valence-corrected chi connectivity index (χ1v) is 19.3. The van der Waals surface area contributed by atoms with E-state index in [-0.39, 0.29) is 68.9 Å². The Morgan fingerprint density at radius 2 is 1.68 bits per heavy atom. The number of carboxylic acid groups (broad SMARTS) is 1. The number of anilines is 1. The highest BCUT2D eigenvalue weighted by Gasteiger charge is 2.38. The second-order valence-electron chi connectivity index (χ2n) is 14.4. The van der Waals surface area contributed by atoms with Crippen molar-refractivity contribution in [1.29, 1.82) is 0 Å². The molecule has 3 saturated heterocycles. The van der Waals surface area contributed by atoms with Gasteiger partial charge in [-0.3, -0.25) is 15.0 Å². The third-order valence-electron chi connectivity index (χ3n) is 11.0. The highest BCUT2D eigenvalue weighted by molar-refractivity contribution is 6.35. The van der Waals surface area contributed by atoms with Gasteiger partial charge in [0.1, 0.15) is 22.0 Å². The van der Waals surface area contributed by atoms with Crippen LogP contribution in [0.3, 0.4) is 0 Å². The first-order valence-electron chi connectivity index (χ1n) is 18.6. The van der Waals surface area contributed by atoms with Crippen molar-refractivity contribution in [1.82, 2.24) is 4.90 Å². The Bertz CT molecular complexity index is 2060. The predicted molar refractivity (Wildman–Crippen MR) is 198 cm³/mol. The number of amides is 1. The topological polar surface area (TPSA) is 115 Å². The number of pyridine rings is 1. The second-order valence-corrected chi connectivity index (χ2v) is 15.3. The SMILES string of the molecule is O=C([O-])c1cccc(CN(C(=O)O[C@H]2CN3CCC2CC3)c2ccccc2F)c1[C@@H](Cc1c(Cl)c[n+](O)cc1Cl)c1ccc(OC(F)F)c(OC2CCCC2)c1. The van der Waals surface area contributed by atoms with E-state index in [0.717, 1.165) is 43.7 Å². The standard InChI is InChI=1S/C41H40Cl2F3N3O7/c42-31-21-48(53)22-32(43)30(31)19-29(25-12-13-35(55-40(45)46)36(18-25)54-27-7-1-2-8-27)38-26(6-5-9-28(38)39(50)51)20-49(34-11-4-3-10-33(34)44)41(52)56-37-23-47-16-14-24(37)15-17-47/h3-6,9-13,18,21-22,24,27,29,37,40H,1-2,7-8,14-17,19-20,23H2,(H-,50,51,53)/t29-,37-/m0/s1. The lowest BCUT2D eigenvalue weighted by atomic mass is 9.80. The Hall–Kier alpha value is -4.72. The van der Waals surface area contributed by atoms with Crippen LogP contribution in [0.4, 0.5) is 23.7 Å². The van der Waals surface area contributed by atoms with Crippen molar-refractivity contribution >= 4 is 41.0 Å². The van der Waals surface area contributed by atoms with Gasteiger partial charge in [0.25, 0.3) is 0 Å². The van der Waals surface area contributed by atoms with E-state index in [4.69, 9.17) is 37.4 Å². The van der Waals surface area contributed by atoms with Gasteiger partial charge in [-0.25, -0.2) is 9.18 Å². The van der Waals surface area contributed by atoms with E-state index in [2.05, 4.69) is 4.90 Å². The molecule has 1 aliphatic carbocycles. The lowest BCUT2D eigenvalue weighted by molar-refractivity contribution is -0.904. The smallest absolute Gasteiger partial charge is 0.415 e. The van der Waals surface area contributed by atoms with Gasteiger partial charge in [-0.05, 0) is 105 Å². The van der Waals surface area contributed by atoms with Crippen molar-refractivity contribution in [3.63, 3.8) is 0 Å². The van der Waals surface area contributed by atoms with E-state index >= 15 is 4.39 Å². The Labute approximate surface area is 331 Å². The zero-order valence-corrected chi connectivity index (χ0v) is 31.7. The van der Waals surface area contributed by atoms with Gasteiger partial charge in [0.05, 0.1) is 24.3 Å². The second kappa shape index (κ2) is 17.2. The van der Waals surface area contributed by atoms with Crippen LogP contribution in [-0.4, -0.2) is 60.6 Å². The number of benzene rings is 3.